The number of aromatic nitrogens is 2. The van der Waals surface area contributed by atoms with Crippen molar-refractivity contribution in [3.63, 3.8) is 0 Å². The highest BCUT2D eigenvalue weighted by Gasteiger charge is 2.50. The zero-order valence-corrected chi connectivity index (χ0v) is 22.7. The van der Waals surface area contributed by atoms with Gasteiger partial charge in [-0.25, -0.2) is 4.63 Å². The average Bonchev–Trinajstić information content (AvgIpc) is 3.52. The van der Waals surface area contributed by atoms with Crippen molar-refractivity contribution < 1.29 is 14.2 Å². The predicted molar refractivity (Wildman–Crippen MR) is 141 cm³/mol. The van der Waals surface area contributed by atoms with Crippen LogP contribution in [0.1, 0.15) is 57.0 Å². The van der Waals surface area contributed by atoms with E-state index in [1.807, 2.05) is 20.0 Å². The van der Waals surface area contributed by atoms with Crippen LogP contribution in [-0.2, 0) is 17.9 Å². The van der Waals surface area contributed by atoms with Crippen LogP contribution in [0, 0.1) is 17.8 Å². The van der Waals surface area contributed by atoms with Gasteiger partial charge in [-0.05, 0) is 79.3 Å². The molecule has 1 aliphatic heterocycles. The van der Waals surface area contributed by atoms with E-state index in [1.165, 1.54) is 11.3 Å². The largest absolute Gasteiger partial charge is 0.483 e. The van der Waals surface area contributed by atoms with Crippen LogP contribution in [0.15, 0.2) is 40.3 Å². The Bertz CT molecular complexity index is 1220. The van der Waals surface area contributed by atoms with Crippen LogP contribution < -0.4 is 4.74 Å². The third kappa shape index (κ3) is 5.34. The fourth-order valence-electron chi connectivity index (χ4n) is 6.41. The first-order chi connectivity index (χ1) is 17.1. The van der Waals surface area contributed by atoms with Gasteiger partial charge in [0.15, 0.2) is 6.61 Å². The van der Waals surface area contributed by atoms with Gasteiger partial charge >= 0.3 is 0 Å². The van der Waals surface area contributed by atoms with Crippen LogP contribution in [-0.4, -0.2) is 52.3 Å². The second kappa shape index (κ2) is 9.63. The first-order valence-corrected chi connectivity index (χ1v) is 13.5. The number of rotatable bonds is 8. The monoisotopic (exact) mass is 508 g/mol. The summed E-state index contributed by atoms with van der Waals surface area (Å²) in [5.74, 6) is 0.839. The molecule has 0 N–H and O–H groups in total. The number of hydrogen-bond donors (Lipinski definition) is 0. The smallest absolute Gasteiger partial charge is 0.260 e. The number of ether oxygens (including phenoxy) is 1. The van der Waals surface area contributed by atoms with Crippen LogP contribution in [0.5, 0.6) is 5.75 Å². The van der Waals surface area contributed by atoms with Crippen molar-refractivity contribution in [2.75, 3.05) is 20.2 Å². The number of thiophene rings is 1. The number of benzene rings is 1. The summed E-state index contributed by atoms with van der Waals surface area (Å²) in [6.07, 6.45) is 3.34. The standard InChI is InChI=1S/C28H36N4O3S/c1-19-23(30-35-29-19)15-31(5)14-21-11-20(25-7-6-10-36-25)8-9-24(21)34-16-26(33)32-18-28(4)13-22(32)12-27(2,3)17-28/h6-11,22H,12-18H2,1-5H3. The van der Waals surface area contributed by atoms with E-state index in [2.05, 4.69) is 70.5 Å². The van der Waals surface area contributed by atoms with Gasteiger partial charge in [-0.2, -0.15) is 0 Å². The van der Waals surface area contributed by atoms with Crippen LogP contribution >= 0.6 is 11.3 Å². The predicted octanol–water partition coefficient (Wildman–Crippen LogP) is 5.54. The van der Waals surface area contributed by atoms with Gasteiger partial charge in [-0.3, -0.25) is 9.69 Å². The summed E-state index contributed by atoms with van der Waals surface area (Å²) in [6, 6.07) is 10.7. The summed E-state index contributed by atoms with van der Waals surface area (Å²) in [5, 5.41) is 9.99. The number of carbonyl (C=O) groups is 1. The van der Waals surface area contributed by atoms with Crippen molar-refractivity contribution in [1.82, 2.24) is 20.1 Å². The zero-order valence-electron chi connectivity index (χ0n) is 21.9. The summed E-state index contributed by atoms with van der Waals surface area (Å²) in [4.78, 5) is 18.8. The molecule has 2 fully saturated rings. The van der Waals surface area contributed by atoms with Gasteiger partial charge < -0.3 is 9.64 Å². The first kappa shape index (κ1) is 25.0. The minimum absolute atomic E-state index is 0.0639. The molecule has 2 aliphatic rings. The Labute approximate surface area is 217 Å². The van der Waals surface area contributed by atoms with Gasteiger partial charge in [0, 0.05) is 36.1 Å². The molecule has 0 spiro atoms. The summed E-state index contributed by atoms with van der Waals surface area (Å²) in [7, 11) is 2.04. The van der Waals surface area contributed by atoms with Gasteiger partial charge in [-0.1, -0.05) is 37.2 Å². The lowest BCUT2D eigenvalue weighted by Gasteiger charge is -2.39. The van der Waals surface area contributed by atoms with E-state index < -0.39 is 0 Å². The fourth-order valence-corrected chi connectivity index (χ4v) is 7.13. The molecule has 7 nitrogen and oxygen atoms in total. The lowest BCUT2D eigenvalue weighted by Crippen LogP contribution is -2.40. The number of aryl methyl sites for hydroxylation is 1. The quantitative estimate of drug-likeness (QED) is 0.398. The average molecular weight is 509 g/mol. The van der Waals surface area contributed by atoms with Gasteiger partial charge in [0.2, 0.25) is 0 Å². The minimum atomic E-state index is 0.0639. The van der Waals surface area contributed by atoms with E-state index in [9.17, 15) is 4.79 Å². The summed E-state index contributed by atoms with van der Waals surface area (Å²) >= 11 is 1.71. The molecule has 1 saturated heterocycles. The van der Waals surface area contributed by atoms with Crippen molar-refractivity contribution in [1.29, 1.82) is 0 Å². The van der Waals surface area contributed by atoms with Crippen molar-refractivity contribution in [3.8, 4) is 16.2 Å². The third-order valence-electron chi connectivity index (χ3n) is 7.56. The molecule has 2 bridgehead atoms. The number of likely N-dealkylation sites (tertiary alicyclic amines) is 1. The van der Waals surface area contributed by atoms with Crippen molar-refractivity contribution in [2.45, 2.75) is 66.1 Å². The van der Waals surface area contributed by atoms with Crippen molar-refractivity contribution in [3.05, 3.63) is 52.7 Å². The Hall–Kier alpha value is -2.71. The molecule has 1 saturated carbocycles. The Kier molecular flexibility index (Phi) is 6.68. The molecule has 8 heteroatoms. The van der Waals surface area contributed by atoms with E-state index in [4.69, 9.17) is 9.37 Å². The van der Waals surface area contributed by atoms with Crippen LogP contribution in [0.4, 0.5) is 0 Å². The molecular formula is C28H36N4O3S. The van der Waals surface area contributed by atoms with Gasteiger partial charge in [-0.15, -0.1) is 11.3 Å². The van der Waals surface area contributed by atoms with Crippen molar-refractivity contribution in [2.24, 2.45) is 10.8 Å². The number of fused-ring (bicyclic) bond motifs is 2. The van der Waals surface area contributed by atoms with E-state index >= 15 is 0 Å². The lowest BCUT2D eigenvalue weighted by molar-refractivity contribution is -0.134. The fraction of sp³-hybridized carbons (Fsp3) is 0.536. The minimum Gasteiger partial charge on any atom is -0.483 e. The van der Waals surface area contributed by atoms with Crippen LogP contribution in [0.25, 0.3) is 10.4 Å². The number of nitrogens with zero attached hydrogens (tertiary/aromatic N) is 4. The molecule has 3 heterocycles. The topological polar surface area (TPSA) is 71.7 Å². The molecule has 1 aromatic carbocycles. The molecule has 36 heavy (non-hydrogen) atoms. The normalized spacial score (nSPS) is 22.8. The number of amides is 1. The Morgan fingerprint density at radius 2 is 2.06 bits per heavy atom. The second-order valence-electron chi connectivity index (χ2n) is 11.8. The Morgan fingerprint density at radius 1 is 1.22 bits per heavy atom. The molecule has 3 aromatic rings. The highest BCUT2D eigenvalue weighted by Crippen LogP contribution is 2.52. The Morgan fingerprint density at radius 3 is 2.78 bits per heavy atom. The molecule has 0 radical (unpaired) electrons. The highest BCUT2D eigenvalue weighted by molar-refractivity contribution is 7.13. The highest BCUT2D eigenvalue weighted by atomic mass is 32.1. The van der Waals surface area contributed by atoms with Gasteiger partial charge in [0.25, 0.3) is 5.91 Å². The summed E-state index contributed by atoms with van der Waals surface area (Å²) < 4.78 is 11.1. The number of carbonyl (C=O) groups excluding carboxylic acids is 1. The molecule has 2 unspecified atom stereocenters. The molecule has 2 aromatic heterocycles. The second-order valence-corrected chi connectivity index (χ2v) is 12.7. The molecule has 5 rings (SSSR count). The lowest BCUT2D eigenvalue weighted by atomic mass is 9.65. The van der Waals surface area contributed by atoms with E-state index in [-0.39, 0.29) is 23.3 Å². The maximum absolute atomic E-state index is 13.3. The van der Waals surface area contributed by atoms with E-state index in [0.717, 1.165) is 47.7 Å². The maximum Gasteiger partial charge on any atom is 0.260 e. The molecule has 1 aliphatic carbocycles. The summed E-state index contributed by atoms with van der Waals surface area (Å²) in [6.45, 7) is 11.0. The first-order valence-electron chi connectivity index (χ1n) is 12.7. The summed E-state index contributed by atoms with van der Waals surface area (Å²) in [5.41, 5.74) is 4.30. The maximum atomic E-state index is 13.3. The number of hydrogen-bond acceptors (Lipinski definition) is 7. The zero-order chi connectivity index (χ0) is 25.5. The third-order valence-corrected chi connectivity index (χ3v) is 8.48. The molecule has 2 atom stereocenters. The van der Waals surface area contributed by atoms with Crippen LogP contribution in [0.2, 0.25) is 0 Å². The van der Waals surface area contributed by atoms with Crippen LogP contribution in [0.3, 0.4) is 0 Å². The van der Waals surface area contributed by atoms with Gasteiger partial charge in [0.05, 0.1) is 0 Å². The van der Waals surface area contributed by atoms with E-state index in [1.54, 1.807) is 11.3 Å². The van der Waals surface area contributed by atoms with Gasteiger partial charge in [0.1, 0.15) is 17.1 Å². The van der Waals surface area contributed by atoms with Crippen molar-refractivity contribution >= 4 is 17.2 Å². The molecule has 192 valence electrons. The van der Waals surface area contributed by atoms with E-state index in [0.29, 0.717) is 19.1 Å². The Balaban J connectivity index is 1.31. The molecule has 1 amide bonds. The molecular weight excluding hydrogens is 472 g/mol. The SMILES string of the molecule is Cc1nonc1CN(C)Cc1cc(-c2cccs2)ccc1OCC(=O)N1CC2(C)CC1CC(C)(C)C2.